The number of amides is 1. The first-order valence-corrected chi connectivity index (χ1v) is 9.05. The number of aromatic nitrogens is 4. The molecule has 0 bridgehead atoms. The Hall–Kier alpha value is -2.54. The molecule has 2 heterocycles. The predicted molar refractivity (Wildman–Crippen MR) is 98.5 cm³/mol. The van der Waals surface area contributed by atoms with Gasteiger partial charge >= 0.3 is 0 Å². The van der Waals surface area contributed by atoms with Crippen molar-refractivity contribution in [2.24, 2.45) is 7.05 Å². The number of rotatable bonds is 5. The summed E-state index contributed by atoms with van der Waals surface area (Å²) in [7, 11) is 1.80. The summed E-state index contributed by atoms with van der Waals surface area (Å²) in [4.78, 5) is 16.9. The molecular weight excluding hydrogens is 334 g/mol. The zero-order valence-corrected chi connectivity index (χ0v) is 15.5. The average Bonchev–Trinajstić information content (AvgIpc) is 3.24. The summed E-state index contributed by atoms with van der Waals surface area (Å²) in [6.07, 6.45) is 1.65. The lowest BCUT2D eigenvalue weighted by atomic mass is 10.0. The molecule has 0 aliphatic rings. The van der Waals surface area contributed by atoms with Gasteiger partial charge in [-0.1, -0.05) is 43.3 Å². The van der Waals surface area contributed by atoms with Gasteiger partial charge in [0.05, 0.1) is 17.9 Å². The van der Waals surface area contributed by atoms with Crippen LogP contribution in [0.2, 0.25) is 0 Å². The molecule has 3 rings (SSSR count). The summed E-state index contributed by atoms with van der Waals surface area (Å²) in [5.41, 5.74) is 3.58. The van der Waals surface area contributed by atoms with Crippen molar-refractivity contribution in [3.8, 4) is 10.6 Å². The fourth-order valence-corrected chi connectivity index (χ4v) is 3.36. The molecule has 25 heavy (non-hydrogen) atoms. The number of aryl methyl sites for hydroxylation is 1. The van der Waals surface area contributed by atoms with Gasteiger partial charge in [-0.25, -0.2) is 4.98 Å². The molecule has 1 amide bonds. The Morgan fingerprint density at radius 3 is 2.52 bits per heavy atom. The van der Waals surface area contributed by atoms with E-state index in [0.29, 0.717) is 11.6 Å². The van der Waals surface area contributed by atoms with Crippen LogP contribution in [0.4, 0.5) is 0 Å². The van der Waals surface area contributed by atoms with Crippen molar-refractivity contribution >= 4 is 17.2 Å². The lowest BCUT2D eigenvalue weighted by Gasteiger charge is -2.12. The fraction of sp³-hybridized carbons (Fsp3) is 0.333. The Balaban J connectivity index is 1.72. The summed E-state index contributed by atoms with van der Waals surface area (Å²) in [6, 6.07) is 8.14. The molecule has 7 heteroatoms. The van der Waals surface area contributed by atoms with Gasteiger partial charge in [-0.3, -0.25) is 9.48 Å². The number of hydrogen-bond acceptors (Lipinski definition) is 5. The van der Waals surface area contributed by atoms with Gasteiger partial charge in [0.15, 0.2) is 0 Å². The van der Waals surface area contributed by atoms with E-state index in [-0.39, 0.29) is 11.9 Å². The highest BCUT2D eigenvalue weighted by atomic mass is 32.1. The van der Waals surface area contributed by atoms with Crippen LogP contribution in [0, 0.1) is 0 Å². The molecule has 130 valence electrons. The van der Waals surface area contributed by atoms with Crippen LogP contribution in [-0.2, 0) is 7.05 Å². The van der Waals surface area contributed by atoms with E-state index in [2.05, 4.69) is 58.7 Å². The Morgan fingerprint density at radius 2 is 1.92 bits per heavy atom. The van der Waals surface area contributed by atoms with E-state index >= 15 is 0 Å². The van der Waals surface area contributed by atoms with Crippen molar-refractivity contribution in [2.75, 3.05) is 0 Å². The lowest BCUT2D eigenvalue weighted by Crippen LogP contribution is -2.28. The van der Waals surface area contributed by atoms with Gasteiger partial charge in [0.25, 0.3) is 5.91 Å². The molecule has 0 unspecified atom stereocenters. The number of thiazole rings is 1. The van der Waals surface area contributed by atoms with Crippen LogP contribution in [0.5, 0.6) is 0 Å². The summed E-state index contributed by atoms with van der Waals surface area (Å²) < 4.78 is 1.65. The Labute approximate surface area is 150 Å². The van der Waals surface area contributed by atoms with Crippen molar-refractivity contribution in [2.45, 2.75) is 32.7 Å². The van der Waals surface area contributed by atoms with Crippen LogP contribution in [0.3, 0.4) is 0 Å². The summed E-state index contributed by atoms with van der Waals surface area (Å²) in [5, 5.41) is 13.3. The van der Waals surface area contributed by atoms with Gasteiger partial charge < -0.3 is 5.32 Å². The minimum atomic E-state index is -0.199. The van der Waals surface area contributed by atoms with E-state index in [9.17, 15) is 4.79 Å². The van der Waals surface area contributed by atoms with Gasteiger partial charge in [0.2, 0.25) is 0 Å². The molecular formula is C18H21N5OS. The topological polar surface area (TPSA) is 72.7 Å². The maximum atomic E-state index is 12.4. The smallest absolute Gasteiger partial charge is 0.271 e. The van der Waals surface area contributed by atoms with E-state index in [1.54, 1.807) is 23.3 Å². The minimum absolute atomic E-state index is 0.192. The molecule has 0 saturated heterocycles. The highest BCUT2D eigenvalue weighted by Crippen LogP contribution is 2.26. The number of carbonyl (C=O) groups is 1. The molecule has 0 aliphatic heterocycles. The molecule has 2 aromatic heterocycles. The zero-order valence-electron chi connectivity index (χ0n) is 14.7. The van der Waals surface area contributed by atoms with Crippen molar-refractivity contribution < 1.29 is 4.79 Å². The van der Waals surface area contributed by atoms with E-state index in [4.69, 9.17) is 0 Å². The average molecular weight is 355 g/mol. The second-order valence-corrected chi connectivity index (χ2v) is 7.15. The van der Waals surface area contributed by atoms with Gasteiger partial charge in [-0.15, -0.1) is 16.4 Å². The number of hydrogen-bond donors (Lipinski definition) is 1. The molecule has 0 saturated carbocycles. The second kappa shape index (κ2) is 7.14. The Morgan fingerprint density at radius 1 is 1.20 bits per heavy atom. The van der Waals surface area contributed by atoms with Crippen LogP contribution < -0.4 is 5.32 Å². The number of nitrogens with zero attached hydrogens (tertiary/aromatic N) is 4. The van der Waals surface area contributed by atoms with Crippen LogP contribution >= 0.6 is 11.3 Å². The highest BCUT2D eigenvalue weighted by molar-refractivity contribution is 7.13. The summed E-state index contributed by atoms with van der Waals surface area (Å²) in [6.45, 7) is 6.23. The van der Waals surface area contributed by atoms with Crippen LogP contribution in [-0.4, -0.2) is 25.9 Å². The summed E-state index contributed by atoms with van der Waals surface area (Å²) in [5.74, 6) is 0.296. The second-order valence-electron chi connectivity index (χ2n) is 6.29. The first kappa shape index (κ1) is 17.3. The van der Waals surface area contributed by atoms with Crippen LogP contribution in [0.15, 0.2) is 35.8 Å². The Bertz CT molecular complexity index is 866. The third-order valence-electron chi connectivity index (χ3n) is 4.10. The molecule has 1 aromatic carbocycles. The molecule has 0 aliphatic carbocycles. The van der Waals surface area contributed by atoms with Gasteiger partial charge in [0, 0.05) is 18.0 Å². The molecule has 0 fully saturated rings. The van der Waals surface area contributed by atoms with E-state index in [1.807, 2.05) is 6.92 Å². The number of benzene rings is 1. The molecule has 0 spiro atoms. The molecule has 3 aromatic rings. The third-order valence-corrected chi connectivity index (χ3v) is 4.99. The monoisotopic (exact) mass is 355 g/mol. The normalized spacial score (nSPS) is 12.4. The summed E-state index contributed by atoms with van der Waals surface area (Å²) >= 11 is 1.47. The lowest BCUT2D eigenvalue weighted by molar-refractivity contribution is 0.0934. The standard InChI is InChI=1S/C18H21N5OS/c1-11(2)13-5-7-14(8-6-13)18-21-15(10-25-18)17(24)20-12(3)16-9-19-22-23(16)4/h5-12H,1-4H3,(H,20,24)/t12-/m1/s1. The highest BCUT2D eigenvalue weighted by Gasteiger charge is 2.17. The van der Waals surface area contributed by atoms with Crippen LogP contribution in [0.1, 0.15) is 54.5 Å². The predicted octanol–water partition coefficient (Wildman–Crippen LogP) is 3.55. The molecule has 6 nitrogen and oxygen atoms in total. The fourth-order valence-electron chi connectivity index (χ4n) is 2.56. The maximum Gasteiger partial charge on any atom is 0.271 e. The Kier molecular flexibility index (Phi) is 4.94. The van der Waals surface area contributed by atoms with Gasteiger partial charge in [-0.2, -0.15) is 0 Å². The van der Waals surface area contributed by atoms with Gasteiger partial charge in [-0.05, 0) is 18.4 Å². The van der Waals surface area contributed by atoms with Gasteiger partial charge in [0.1, 0.15) is 10.7 Å². The van der Waals surface area contributed by atoms with Crippen molar-refractivity contribution in [1.82, 2.24) is 25.3 Å². The quantitative estimate of drug-likeness (QED) is 0.759. The zero-order chi connectivity index (χ0) is 18.0. The largest absolute Gasteiger partial charge is 0.343 e. The maximum absolute atomic E-state index is 12.4. The van der Waals surface area contributed by atoms with Crippen molar-refractivity contribution in [3.63, 3.8) is 0 Å². The molecule has 0 radical (unpaired) electrons. The molecule has 1 N–H and O–H groups in total. The minimum Gasteiger partial charge on any atom is -0.343 e. The van der Waals surface area contributed by atoms with Crippen LogP contribution in [0.25, 0.3) is 10.6 Å². The van der Waals surface area contributed by atoms with Crippen molar-refractivity contribution in [3.05, 3.63) is 52.8 Å². The van der Waals surface area contributed by atoms with E-state index in [0.717, 1.165) is 16.3 Å². The van der Waals surface area contributed by atoms with E-state index in [1.165, 1.54) is 16.9 Å². The SMILES string of the molecule is CC(C)c1ccc(-c2nc(C(=O)N[C@H](C)c3cnnn3C)cs2)cc1. The molecule has 1 atom stereocenters. The third kappa shape index (κ3) is 3.76. The first-order valence-electron chi connectivity index (χ1n) is 8.17. The first-order chi connectivity index (χ1) is 12.0. The number of nitrogens with one attached hydrogen (secondary N) is 1. The van der Waals surface area contributed by atoms with Crippen molar-refractivity contribution in [1.29, 1.82) is 0 Å². The number of carbonyl (C=O) groups excluding carboxylic acids is 1. The van der Waals surface area contributed by atoms with E-state index < -0.39 is 0 Å².